The van der Waals surface area contributed by atoms with Gasteiger partial charge in [-0.1, -0.05) is 65.8 Å². The molecule has 0 amide bonds. The second-order valence-electron chi connectivity index (χ2n) is 5.89. The van der Waals surface area contributed by atoms with E-state index in [-0.39, 0.29) is 0 Å². The molecule has 3 rings (SSSR count). The molecule has 0 radical (unpaired) electrons. The highest BCUT2D eigenvalue weighted by Crippen LogP contribution is 2.18. The zero-order valence-electron chi connectivity index (χ0n) is 13.7. The topological polar surface area (TPSA) is 60.8 Å². The SMILES string of the molecule is Cc1ccc(CNCc2cccc3ccccc23)cc1CN=[N+]=[N-]. The Morgan fingerprint density at radius 2 is 1.79 bits per heavy atom. The Labute approximate surface area is 141 Å². The van der Waals surface area contributed by atoms with Gasteiger partial charge in [-0.05, 0) is 45.5 Å². The van der Waals surface area contributed by atoms with Crippen molar-refractivity contribution in [1.82, 2.24) is 5.32 Å². The smallest absolute Gasteiger partial charge is 0.0513 e. The minimum Gasteiger partial charge on any atom is -0.309 e. The first-order chi connectivity index (χ1) is 11.8. The third-order valence-electron chi connectivity index (χ3n) is 4.24. The van der Waals surface area contributed by atoms with Crippen LogP contribution in [0.2, 0.25) is 0 Å². The van der Waals surface area contributed by atoms with E-state index in [1.54, 1.807) is 0 Å². The molecule has 0 heterocycles. The van der Waals surface area contributed by atoms with Gasteiger partial charge < -0.3 is 5.32 Å². The van der Waals surface area contributed by atoms with Crippen molar-refractivity contribution in [3.05, 3.63) is 93.4 Å². The van der Waals surface area contributed by atoms with Gasteiger partial charge in [0.1, 0.15) is 0 Å². The summed E-state index contributed by atoms with van der Waals surface area (Å²) in [5.74, 6) is 0. The number of hydrogen-bond donors (Lipinski definition) is 1. The van der Waals surface area contributed by atoms with Crippen LogP contribution in [-0.4, -0.2) is 0 Å². The van der Waals surface area contributed by atoms with E-state index in [4.69, 9.17) is 5.53 Å². The van der Waals surface area contributed by atoms with Crippen LogP contribution in [0.3, 0.4) is 0 Å². The second kappa shape index (κ2) is 7.64. The minimum atomic E-state index is 0.402. The molecule has 0 aliphatic rings. The van der Waals surface area contributed by atoms with Gasteiger partial charge in [-0.15, -0.1) is 0 Å². The third kappa shape index (κ3) is 3.74. The average Bonchev–Trinajstić information content (AvgIpc) is 2.62. The van der Waals surface area contributed by atoms with E-state index in [0.29, 0.717) is 6.54 Å². The number of fused-ring (bicyclic) bond motifs is 1. The Kier molecular flexibility index (Phi) is 5.12. The van der Waals surface area contributed by atoms with Crippen LogP contribution in [0.25, 0.3) is 21.2 Å². The fraction of sp³-hybridized carbons (Fsp3) is 0.200. The first-order valence-electron chi connectivity index (χ1n) is 8.04. The van der Waals surface area contributed by atoms with E-state index in [1.165, 1.54) is 21.9 Å². The zero-order chi connectivity index (χ0) is 16.8. The monoisotopic (exact) mass is 316 g/mol. The van der Waals surface area contributed by atoms with Crippen LogP contribution >= 0.6 is 0 Å². The van der Waals surface area contributed by atoms with E-state index >= 15 is 0 Å². The van der Waals surface area contributed by atoms with Crippen LogP contribution in [-0.2, 0) is 19.6 Å². The summed E-state index contributed by atoms with van der Waals surface area (Å²) in [6, 6.07) is 21.2. The summed E-state index contributed by atoms with van der Waals surface area (Å²) in [6.45, 7) is 4.04. The fourth-order valence-corrected chi connectivity index (χ4v) is 2.90. The highest BCUT2D eigenvalue weighted by atomic mass is 15.1. The molecule has 120 valence electrons. The highest BCUT2D eigenvalue weighted by molar-refractivity contribution is 5.85. The molecule has 3 aromatic carbocycles. The van der Waals surface area contributed by atoms with Gasteiger partial charge in [0.05, 0.1) is 6.54 Å². The van der Waals surface area contributed by atoms with Crippen LogP contribution in [0.15, 0.2) is 65.8 Å². The molecule has 24 heavy (non-hydrogen) atoms. The van der Waals surface area contributed by atoms with Crippen molar-refractivity contribution in [2.75, 3.05) is 0 Å². The predicted molar refractivity (Wildman–Crippen MR) is 98.5 cm³/mol. The number of hydrogen-bond acceptors (Lipinski definition) is 2. The van der Waals surface area contributed by atoms with Crippen LogP contribution in [0.1, 0.15) is 22.3 Å². The molecule has 0 aliphatic heterocycles. The molecule has 0 aliphatic carbocycles. The molecule has 4 nitrogen and oxygen atoms in total. The molecule has 0 saturated carbocycles. The quantitative estimate of drug-likeness (QED) is 0.377. The van der Waals surface area contributed by atoms with Gasteiger partial charge in [-0.3, -0.25) is 0 Å². The van der Waals surface area contributed by atoms with E-state index in [9.17, 15) is 0 Å². The van der Waals surface area contributed by atoms with Crippen molar-refractivity contribution in [1.29, 1.82) is 0 Å². The summed E-state index contributed by atoms with van der Waals surface area (Å²) < 4.78 is 0. The number of benzene rings is 3. The molecule has 0 spiro atoms. The molecule has 1 N–H and O–H groups in total. The second-order valence-corrected chi connectivity index (χ2v) is 5.89. The number of nitrogens with one attached hydrogen (secondary N) is 1. The number of rotatable bonds is 6. The maximum atomic E-state index is 8.49. The van der Waals surface area contributed by atoms with E-state index in [2.05, 4.69) is 76.0 Å². The van der Waals surface area contributed by atoms with Crippen molar-refractivity contribution in [3.8, 4) is 0 Å². The Bertz CT molecular complexity index is 890. The van der Waals surface area contributed by atoms with Crippen molar-refractivity contribution in [2.24, 2.45) is 5.11 Å². The summed E-state index contributed by atoms with van der Waals surface area (Å²) in [5.41, 5.74) is 13.2. The van der Waals surface area contributed by atoms with Crippen molar-refractivity contribution >= 4 is 10.8 Å². The van der Waals surface area contributed by atoms with Gasteiger partial charge in [-0.25, -0.2) is 0 Å². The minimum absolute atomic E-state index is 0.402. The first-order valence-corrected chi connectivity index (χ1v) is 8.04. The Hall–Kier alpha value is -2.81. The van der Waals surface area contributed by atoms with Crippen LogP contribution in [0.5, 0.6) is 0 Å². The summed E-state index contributed by atoms with van der Waals surface area (Å²) in [5, 5.41) is 9.74. The number of azide groups is 1. The Morgan fingerprint density at radius 3 is 2.67 bits per heavy atom. The molecule has 0 bridgehead atoms. The molecule has 4 heteroatoms. The highest BCUT2D eigenvalue weighted by Gasteiger charge is 2.02. The van der Waals surface area contributed by atoms with Gasteiger partial charge in [0.2, 0.25) is 0 Å². The molecular formula is C20H20N4. The van der Waals surface area contributed by atoms with Crippen LogP contribution in [0, 0.1) is 6.92 Å². The molecule has 3 aromatic rings. The summed E-state index contributed by atoms with van der Waals surface area (Å²) >= 11 is 0. The summed E-state index contributed by atoms with van der Waals surface area (Å²) in [7, 11) is 0. The van der Waals surface area contributed by atoms with Crippen LogP contribution < -0.4 is 5.32 Å². The van der Waals surface area contributed by atoms with Crippen molar-refractivity contribution in [3.63, 3.8) is 0 Å². The molecule has 0 saturated heterocycles. The lowest BCUT2D eigenvalue weighted by Crippen LogP contribution is -2.13. The maximum Gasteiger partial charge on any atom is 0.0513 e. The summed E-state index contributed by atoms with van der Waals surface area (Å²) in [6.07, 6.45) is 0. The normalized spacial score (nSPS) is 10.5. The lowest BCUT2D eigenvalue weighted by atomic mass is 10.0. The van der Waals surface area contributed by atoms with Crippen LogP contribution in [0.4, 0.5) is 0 Å². The predicted octanol–water partition coefficient (Wildman–Crippen LogP) is 5.25. The lowest BCUT2D eigenvalue weighted by molar-refractivity contribution is 0.695. The van der Waals surface area contributed by atoms with E-state index in [1.807, 2.05) is 6.92 Å². The molecular weight excluding hydrogens is 296 g/mol. The van der Waals surface area contributed by atoms with E-state index in [0.717, 1.165) is 24.2 Å². The van der Waals surface area contributed by atoms with Gasteiger partial charge >= 0.3 is 0 Å². The largest absolute Gasteiger partial charge is 0.309 e. The Balaban J connectivity index is 1.69. The summed E-state index contributed by atoms with van der Waals surface area (Å²) in [4.78, 5) is 2.84. The maximum absolute atomic E-state index is 8.49. The van der Waals surface area contributed by atoms with Gasteiger partial charge in [0, 0.05) is 18.0 Å². The van der Waals surface area contributed by atoms with Gasteiger partial charge in [0.15, 0.2) is 0 Å². The van der Waals surface area contributed by atoms with Gasteiger partial charge in [-0.2, -0.15) is 0 Å². The van der Waals surface area contributed by atoms with Gasteiger partial charge in [0.25, 0.3) is 0 Å². The molecule has 0 atom stereocenters. The molecule has 0 fully saturated rings. The van der Waals surface area contributed by atoms with Crippen molar-refractivity contribution in [2.45, 2.75) is 26.6 Å². The Morgan fingerprint density at radius 1 is 0.958 bits per heavy atom. The standard InChI is InChI=1S/C20H20N4/c1-15-9-10-16(11-19(15)14-23-24-21)12-22-13-18-7-4-6-17-5-2-3-8-20(17)18/h2-11,22H,12-14H2,1H3. The number of nitrogens with zero attached hydrogens (tertiary/aromatic N) is 3. The fourth-order valence-electron chi connectivity index (χ4n) is 2.90. The lowest BCUT2D eigenvalue weighted by Gasteiger charge is -2.10. The van der Waals surface area contributed by atoms with Crippen molar-refractivity contribution < 1.29 is 0 Å². The molecule has 0 unspecified atom stereocenters. The third-order valence-corrected chi connectivity index (χ3v) is 4.24. The average molecular weight is 316 g/mol. The number of aryl methyl sites for hydroxylation is 1. The molecule has 0 aromatic heterocycles. The first kappa shape index (κ1) is 16.1. The van der Waals surface area contributed by atoms with E-state index < -0.39 is 0 Å². The zero-order valence-corrected chi connectivity index (χ0v) is 13.7.